The molecule has 0 saturated heterocycles. The van der Waals surface area contributed by atoms with E-state index in [9.17, 15) is 12.8 Å². The van der Waals surface area contributed by atoms with Crippen molar-refractivity contribution < 1.29 is 12.8 Å². The van der Waals surface area contributed by atoms with Crippen LogP contribution >= 0.6 is 11.3 Å². The maximum atomic E-state index is 13.6. The van der Waals surface area contributed by atoms with Gasteiger partial charge in [-0.15, -0.1) is 5.10 Å². The maximum absolute atomic E-state index is 13.6. The highest BCUT2D eigenvalue weighted by molar-refractivity contribution is 7.91. The van der Waals surface area contributed by atoms with Crippen molar-refractivity contribution in [1.29, 1.82) is 0 Å². The summed E-state index contributed by atoms with van der Waals surface area (Å²) < 4.78 is 40.9. The number of nitrogens with zero attached hydrogens (tertiary/aromatic N) is 3. The van der Waals surface area contributed by atoms with Crippen LogP contribution in [0.25, 0.3) is 10.2 Å². The fraction of sp³-hybridized carbons (Fsp3) is 0.176. The van der Waals surface area contributed by atoms with Crippen LogP contribution in [0.4, 0.5) is 4.39 Å². The summed E-state index contributed by atoms with van der Waals surface area (Å²) in [5, 5.41) is 8.55. The number of hydrogen-bond acceptors (Lipinski definition) is 5. The summed E-state index contributed by atoms with van der Waals surface area (Å²) in [6.07, 6.45) is 0.219. The minimum atomic E-state index is -3.40. The molecular weight excluding hydrogens is 361 g/mol. The zero-order valence-corrected chi connectivity index (χ0v) is 14.9. The minimum absolute atomic E-state index is 0.0431. The average Bonchev–Trinajstić information content (AvgIpc) is 2.90. The molecule has 0 fully saturated rings. The molecule has 3 aromatic rings. The van der Waals surface area contributed by atoms with Gasteiger partial charge in [-0.05, 0) is 30.3 Å². The molecular formula is C17H14FN3O2S2. The molecule has 1 aromatic heterocycles. The van der Waals surface area contributed by atoms with Gasteiger partial charge in [-0.3, -0.25) is 0 Å². The predicted molar refractivity (Wildman–Crippen MR) is 96.0 cm³/mol. The fourth-order valence-corrected chi connectivity index (χ4v) is 5.30. The van der Waals surface area contributed by atoms with Crippen LogP contribution in [0, 0.1) is 5.82 Å². The molecule has 0 N–H and O–H groups in total. The summed E-state index contributed by atoms with van der Waals surface area (Å²) in [6, 6.07) is 11.6. The maximum Gasteiger partial charge on any atom is 0.211 e. The zero-order chi connectivity index (χ0) is 17.6. The average molecular weight is 375 g/mol. The SMILES string of the molecule is Cn1c(=NN=C2CCS(=O)(=O)c3ccc(F)cc32)sc2ccccc21. The predicted octanol–water partition coefficient (Wildman–Crippen LogP) is 2.86. The number of thiazole rings is 1. The summed E-state index contributed by atoms with van der Waals surface area (Å²) in [5.41, 5.74) is 1.84. The molecule has 0 unspecified atom stereocenters. The Balaban J connectivity index is 1.87. The second-order valence-corrected chi connectivity index (χ2v) is 8.85. The van der Waals surface area contributed by atoms with E-state index in [0.717, 1.165) is 16.3 Å². The molecule has 2 heterocycles. The smallest absolute Gasteiger partial charge is 0.211 e. The number of hydrogen-bond donors (Lipinski definition) is 0. The Morgan fingerprint density at radius 1 is 1.16 bits per heavy atom. The minimum Gasteiger partial charge on any atom is -0.318 e. The summed E-state index contributed by atoms with van der Waals surface area (Å²) in [5.74, 6) is -0.533. The summed E-state index contributed by atoms with van der Waals surface area (Å²) in [7, 11) is -1.50. The first kappa shape index (κ1) is 16.2. The Morgan fingerprint density at radius 2 is 1.96 bits per heavy atom. The van der Waals surface area contributed by atoms with Gasteiger partial charge in [0.1, 0.15) is 5.82 Å². The first-order valence-electron chi connectivity index (χ1n) is 7.63. The van der Waals surface area contributed by atoms with Crippen LogP contribution in [0.5, 0.6) is 0 Å². The largest absolute Gasteiger partial charge is 0.318 e. The molecule has 0 atom stereocenters. The standard InChI is InChI=1S/C17H14FN3O2S2/c1-21-14-4-2-3-5-15(14)24-17(21)20-19-13-8-9-25(22,23)16-7-6-11(18)10-12(13)16/h2-7,10H,8-9H2,1H3. The highest BCUT2D eigenvalue weighted by Crippen LogP contribution is 2.26. The second-order valence-electron chi connectivity index (χ2n) is 5.77. The van der Waals surface area contributed by atoms with Crippen molar-refractivity contribution in [2.24, 2.45) is 17.3 Å². The topological polar surface area (TPSA) is 63.8 Å². The van der Waals surface area contributed by atoms with Crippen molar-refractivity contribution in [2.45, 2.75) is 11.3 Å². The van der Waals surface area contributed by atoms with Crippen molar-refractivity contribution in [3.63, 3.8) is 0 Å². The molecule has 0 spiro atoms. The van der Waals surface area contributed by atoms with E-state index in [0.29, 0.717) is 16.1 Å². The molecule has 1 aliphatic heterocycles. The lowest BCUT2D eigenvalue weighted by molar-refractivity contribution is 0.592. The Hall–Kier alpha value is -2.32. The quantitative estimate of drug-likeness (QED) is 0.485. The van der Waals surface area contributed by atoms with E-state index < -0.39 is 15.7 Å². The summed E-state index contributed by atoms with van der Waals surface area (Å²) >= 11 is 1.49. The number of sulfone groups is 1. The molecule has 2 aromatic carbocycles. The molecule has 8 heteroatoms. The Kier molecular flexibility index (Phi) is 3.81. The molecule has 0 radical (unpaired) electrons. The molecule has 1 aliphatic rings. The van der Waals surface area contributed by atoms with Crippen molar-refractivity contribution in [3.05, 3.63) is 58.6 Å². The third-order valence-electron chi connectivity index (χ3n) is 4.17. The van der Waals surface area contributed by atoms with Gasteiger partial charge in [0.15, 0.2) is 9.84 Å². The van der Waals surface area contributed by atoms with E-state index in [-0.39, 0.29) is 17.1 Å². The van der Waals surface area contributed by atoms with Gasteiger partial charge in [0.25, 0.3) is 0 Å². The molecule has 5 nitrogen and oxygen atoms in total. The highest BCUT2D eigenvalue weighted by Gasteiger charge is 2.28. The Bertz CT molecular complexity index is 1190. The van der Waals surface area contributed by atoms with Crippen LogP contribution in [-0.2, 0) is 16.9 Å². The van der Waals surface area contributed by atoms with E-state index in [2.05, 4.69) is 10.2 Å². The Labute approximate surface area is 147 Å². The fourth-order valence-electron chi connectivity index (χ4n) is 2.86. The molecule has 128 valence electrons. The number of rotatable bonds is 1. The van der Waals surface area contributed by atoms with Gasteiger partial charge < -0.3 is 4.57 Å². The third kappa shape index (κ3) is 2.81. The highest BCUT2D eigenvalue weighted by atomic mass is 32.2. The van der Waals surface area contributed by atoms with Crippen molar-refractivity contribution in [3.8, 4) is 0 Å². The van der Waals surface area contributed by atoms with Crippen LogP contribution in [-0.4, -0.2) is 24.4 Å². The van der Waals surface area contributed by atoms with Gasteiger partial charge in [0.2, 0.25) is 4.80 Å². The van der Waals surface area contributed by atoms with E-state index in [1.54, 1.807) is 0 Å². The number of para-hydroxylation sites is 1. The number of fused-ring (bicyclic) bond motifs is 2. The van der Waals surface area contributed by atoms with Gasteiger partial charge in [-0.1, -0.05) is 23.5 Å². The summed E-state index contributed by atoms with van der Waals surface area (Å²) in [4.78, 5) is 0.815. The number of halogens is 1. The van der Waals surface area contributed by atoms with Gasteiger partial charge in [-0.2, -0.15) is 5.10 Å². The zero-order valence-electron chi connectivity index (χ0n) is 13.3. The lowest BCUT2D eigenvalue weighted by Crippen LogP contribution is -2.22. The van der Waals surface area contributed by atoms with Crippen LogP contribution in [0.1, 0.15) is 12.0 Å². The van der Waals surface area contributed by atoms with E-state index in [4.69, 9.17) is 0 Å². The van der Waals surface area contributed by atoms with Gasteiger partial charge in [0.05, 0.1) is 26.6 Å². The summed E-state index contributed by atoms with van der Waals surface area (Å²) in [6.45, 7) is 0. The molecule has 0 aliphatic carbocycles. The third-order valence-corrected chi connectivity index (χ3v) is 7.04. The monoisotopic (exact) mass is 375 g/mol. The van der Waals surface area contributed by atoms with Crippen LogP contribution in [0.2, 0.25) is 0 Å². The van der Waals surface area contributed by atoms with E-state index >= 15 is 0 Å². The second kappa shape index (κ2) is 5.89. The lowest BCUT2D eigenvalue weighted by Gasteiger charge is -2.17. The van der Waals surface area contributed by atoms with Gasteiger partial charge in [0, 0.05) is 19.0 Å². The van der Waals surface area contributed by atoms with E-state index in [1.165, 1.54) is 23.5 Å². The van der Waals surface area contributed by atoms with Crippen LogP contribution in [0.3, 0.4) is 0 Å². The normalized spacial score (nSPS) is 18.6. The van der Waals surface area contributed by atoms with Gasteiger partial charge >= 0.3 is 0 Å². The van der Waals surface area contributed by atoms with Crippen LogP contribution < -0.4 is 4.80 Å². The van der Waals surface area contributed by atoms with Crippen molar-refractivity contribution >= 4 is 37.1 Å². The molecule has 25 heavy (non-hydrogen) atoms. The van der Waals surface area contributed by atoms with E-state index in [1.807, 2.05) is 35.9 Å². The number of benzene rings is 2. The number of aromatic nitrogens is 1. The molecule has 4 rings (SSSR count). The van der Waals surface area contributed by atoms with Crippen molar-refractivity contribution in [1.82, 2.24) is 4.57 Å². The lowest BCUT2D eigenvalue weighted by atomic mass is 10.1. The Morgan fingerprint density at radius 3 is 2.76 bits per heavy atom. The van der Waals surface area contributed by atoms with Crippen LogP contribution in [0.15, 0.2) is 57.6 Å². The van der Waals surface area contributed by atoms with Crippen molar-refractivity contribution in [2.75, 3.05) is 5.75 Å². The molecule has 0 bridgehead atoms. The number of aryl methyl sites for hydroxylation is 1. The molecule has 0 amide bonds. The first-order valence-corrected chi connectivity index (χ1v) is 10.1. The van der Waals surface area contributed by atoms with Gasteiger partial charge in [-0.25, -0.2) is 12.8 Å². The first-order chi connectivity index (χ1) is 12.0. The molecule has 0 saturated carbocycles.